The topological polar surface area (TPSA) is 82.1 Å². The third-order valence-corrected chi connectivity index (χ3v) is 10.0. The minimum absolute atomic E-state index is 0.0495. The number of halogens is 2. The summed E-state index contributed by atoms with van der Waals surface area (Å²) in [5.41, 5.74) is 1.54. The second kappa shape index (κ2) is 11.4. The number of β-amino-alcohol motifs (C(OH)–C–C–N with tert-alkyl or cyclic N) is 1. The second-order valence-electron chi connectivity index (χ2n) is 11.6. The summed E-state index contributed by atoms with van der Waals surface area (Å²) >= 11 is 0. The number of sulfonamides is 1. The highest BCUT2D eigenvalue weighted by Gasteiger charge is 2.42. The largest absolute Gasteiger partial charge is 0.492 e. The number of alkyl halides is 2. The number of piperidine rings is 1. The SMILES string of the molecule is CN1CC(O)CNS(=O)(=O)c2ccc(-c3ccccc3)cc2OCC2(CCN(C3CCC(F)(F)CC3)CC2)C1. The standard InChI is InChI=1S/C29H39F2N3O4S/c1-33-19-25(35)18-32-39(36,37)27-8-7-23(22-5-3-2-4-6-22)17-26(27)38-21-28(20-33)13-15-34(16-14-28)24-9-11-29(30,31)12-10-24/h2-8,17,24-25,32,35H,9-16,18-21H2,1H3. The fraction of sp³-hybridized carbons (Fsp3) is 0.586. The molecule has 1 aliphatic carbocycles. The molecule has 1 unspecified atom stereocenters. The van der Waals surface area contributed by atoms with Crippen molar-refractivity contribution in [2.24, 2.45) is 5.41 Å². The average Bonchev–Trinajstić information content (AvgIpc) is 2.91. The van der Waals surface area contributed by atoms with Crippen LogP contribution in [-0.2, 0) is 10.0 Å². The van der Waals surface area contributed by atoms with E-state index in [0.717, 1.165) is 37.1 Å². The van der Waals surface area contributed by atoms with Gasteiger partial charge < -0.3 is 19.6 Å². The summed E-state index contributed by atoms with van der Waals surface area (Å²) in [6, 6.07) is 15.0. The van der Waals surface area contributed by atoms with Gasteiger partial charge in [-0.1, -0.05) is 36.4 Å². The number of nitrogens with one attached hydrogen (secondary N) is 1. The first-order valence-electron chi connectivity index (χ1n) is 13.8. The van der Waals surface area contributed by atoms with Crippen molar-refractivity contribution in [3.63, 3.8) is 0 Å². The Bertz CT molecular complexity index is 1230. The lowest BCUT2D eigenvalue weighted by Gasteiger charge is -2.47. The lowest BCUT2D eigenvalue weighted by atomic mass is 9.77. The predicted octanol–water partition coefficient (Wildman–Crippen LogP) is 3.98. The van der Waals surface area contributed by atoms with E-state index >= 15 is 0 Å². The van der Waals surface area contributed by atoms with Crippen molar-refractivity contribution in [2.45, 2.75) is 61.5 Å². The molecule has 2 aliphatic heterocycles. The number of likely N-dealkylation sites (N-methyl/N-ethyl adjacent to an activating group) is 1. The molecular weight excluding hydrogens is 524 g/mol. The quantitative estimate of drug-likeness (QED) is 0.576. The number of hydrogen-bond donors (Lipinski definition) is 2. The van der Waals surface area contributed by atoms with Crippen LogP contribution in [0.5, 0.6) is 5.75 Å². The van der Waals surface area contributed by atoms with Gasteiger partial charge in [0, 0.05) is 43.9 Å². The van der Waals surface area contributed by atoms with Gasteiger partial charge in [-0.25, -0.2) is 21.9 Å². The third kappa shape index (κ3) is 6.79. The summed E-state index contributed by atoms with van der Waals surface area (Å²) < 4.78 is 62.9. The minimum Gasteiger partial charge on any atom is -0.492 e. The van der Waals surface area contributed by atoms with Crippen molar-refractivity contribution in [3.05, 3.63) is 48.5 Å². The van der Waals surface area contributed by atoms with Crippen LogP contribution in [0.25, 0.3) is 11.1 Å². The number of rotatable bonds is 2. The van der Waals surface area contributed by atoms with Gasteiger partial charge in [-0.15, -0.1) is 0 Å². The van der Waals surface area contributed by atoms with Crippen LogP contribution in [0.15, 0.2) is 53.4 Å². The van der Waals surface area contributed by atoms with Gasteiger partial charge in [-0.05, 0) is 69.1 Å². The van der Waals surface area contributed by atoms with E-state index < -0.39 is 22.0 Å². The summed E-state index contributed by atoms with van der Waals surface area (Å²) in [6.45, 7) is 2.80. The number of aliphatic hydroxyl groups is 1. The molecule has 1 spiro atoms. The first-order valence-corrected chi connectivity index (χ1v) is 15.3. The number of benzene rings is 2. The molecule has 0 amide bonds. The molecule has 2 N–H and O–H groups in total. The van der Waals surface area contributed by atoms with Crippen molar-refractivity contribution >= 4 is 10.0 Å². The van der Waals surface area contributed by atoms with Crippen LogP contribution in [0.2, 0.25) is 0 Å². The molecule has 1 saturated heterocycles. The van der Waals surface area contributed by atoms with Crippen molar-refractivity contribution in [3.8, 4) is 16.9 Å². The molecule has 5 rings (SSSR count). The predicted molar refractivity (Wildman–Crippen MR) is 147 cm³/mol. The first-order chi connectivity index (χ1) is 18.5. The van der Waals surface area contributed by atoms with Crippen molar-refractivity contribution in [2.75, 3.05) is 46.4 Å². The first kappa shape index (κ1) is 28.4. The van der Waals surface area contributed by atoms with Crippen molar-refractivity contribution in [1.82, 2.24) is 14.5 Å². The van der Waals surface area contributed by atoms with Crippen LogP contribution >= 0.6 is 0 Å². The Balaban J connectivity index is 1.40. The molecule has 0 bridgehead atoms. The molecule has 214 valence electrons. The summed E-state index contributed by atoms with van der Waals surface area (Å²) in [7, 11) is -1.98. The maximum atomic E-state index is 13.7. The van der Waals surface area contributed by atoms with Gasteiger partial charge in [0.15, 0.2) is 0 Å². The summed E-state index contributed by atoms with van der Waals surface area (Å²) in [5, 5.41) is 10.6. The van der Waals surface area contributed by atoms with E-state index in [2.05, 4.69) is 9.62 Å². The van der Waals surface area contributed by atoms with Gasteiger partial charge in [-0.2, -0.15) is 0 Å². The molecule has 1 atom stereocenters. The number of fused-ring (bicyclic) bond motifs is 1. The highest BCUT2D eigenvalue weighted by atomic mass is 32.2. The van der Waals surface area contributed by atoms with Crippen LogP contribution in [-0.4, -0.2) is 87.8 Å². The van der Waals surface area contributed by atoms with Crippen LogP contribution in [0, 0.1) is 5.41 Å². The van der Waals surface area contributed by atoms with E-state index in [1.807, 2.05) is 42.3 Å². The Labute approximate surface area is 230 Å². The third-order valence-electron chi connectivity index (χ3n) is 8.57. The molecule has 2 aromatic carbocycles. The fourth-order valence-electron chi connectivity index (χ4n) is 6.33. The van der Waals surface area contributed by atoms with Crippen molar-refractivity contribution in [1.29, 1.82) is 0 Å². The minimum atomic E-state index is -3.92. The van der Waals surface area contributed by atoms with Gasteiger partial charge in [-0.3, -0.25) is 0 Å². The molecule has 39 heavy (non-hydrogen) atoms. The smallest absolute Gasteiger partial charge is 0.248 e. The van der Waals surface area contributed by atoms with E-state index in [4.69, 9.17) is 4.74 Å². The summed E-state index contributed by atoms with van der Waals surface area (Å²) in [4.78, 5) is 4.45. The molecule has 7 nitrogen and oxygen atoms in total. The normalized spacial score (nSPS) is 26.6. The monoisotopic (exact) mass is 563 g/mol. The summed E-state index contributed by atoms with van der Waals surface area (Å²) in [6.07, 6.45) is 1.68. The van der Waals surface area contributed by atoms with Crippen LogP contribution < -0.4 is 9.46 Å². The molecule has 2 heterocycles. The van der Waals surface area contributed by atoms with Crippen LogP contribution in [0.1, 0.15) is 38.5 Å². The van der Waals surface area contributed by atoms with E-state index in [0.29, 0.717) is 32.5 Å². The average molecular weight is 564 g/mol. The van der Waals surface area contributed by atoms with E-state index in [-0.39, 0.29) is 41.5 Å². The number of aliphatic hydroxyl groups excluding tert-OH is 1. The molecule has 2 aromatic rings. The lowest BCUT2D eigenvalue weighted by molar-refractivity contribution is -0.0640. The molecule has 1 saturated carbocycles. The van der Waals surface area contributed by atoms with Crippen molar-refractivity contribution < 1.29 is 27.0 Å². The van der Waals surface area contributed by atoms with Crippen LogP contribution in [0.4, 0.5) is 8.78 Å². The number of nitrogens with zero attached hydrogens (tertiary/aromatic N) is 2. The van der Waals surface area contributed by atoms with Gasteiger partial charge in [0.1, 0.15) is 10.6 Å². The Hall–Kier alpha value is -2.11. The van der Waals surface area contributed by atoms with E-state index in [1.54, 1.807) is 18.2 Å². The molecule has 10 heteroatoms. The zero-order valence-corrected chi connectivity index (χ0v) is 23.3. The molecule has 0 aromatic heterocycles. The van der Waals surface area contributed by atoms with E-state index in [9.17, 15) is 22.3 Å². The van der Waals surface area contributed by atoms with Gasteiger partial charge >= 0.3 is 0 Å². The number of hydrogen-bond acceptors (Lipinski definition) is 6. The zero-order valence-electron chi connectivity index (χ0n) is 22.5. The summed E-state index contributed by atoms with van der Waals surface area (Å²) in [5.74, 6) is -2.25. The number of ether oxygens (including phenoxy) is 1. The molecule has 3 aliphatic rings. The van der Waals surface area contributed by atoms with Gasteiger partial charge in [0.25, 0.3) is 0 Å². The molecule has 0 radical (unpaired) electrons. The Morgan fingerprint density at radius 1 is 1.00 bits per heavy atom. The highest BCUT2D eigenvalue weighted by Crippen LogP contribution is 2.40. The second-order valence-corrected chi connectivity index (χ2v) is 13.4. The molecular formula is C29H39F2N3O4S. The van der Waals surface area contributed by atoms with Crippen LogP contribution in [0.3, 0.4) is 0 Å². The highest BCUT2D eigenvalue weighted by molar-refractivity contribution is 7.89. The fourth-order valence-corrected chi connectivity index (χ4v) is 7.53. The van der Waals surface area contributed by atoms with E-state index in [1.165, 1.54) is 0 Å². The van der Waals surface area contributed by atoms with Gasteiger partial charge in [0.2, 0.25) is 15.9 Å². The Morgan fingerprint density at radius 3 is 2.38 bits per heavy atom. The maximum Gasteiger partial charge on any atom is 0.248 e. The van der Waals surface area contributed by atoms with Gasteiger partial charge in [0.05, 0.1) is 12.7 Å². The Morgan fingerprint density at radius 2 is 1.69 bits per heavy atom. The zero-order chi connectivity index (χ0) is 27.7. The Kier molecular flexibility index (Phi) is 8.31. The lowest BCUT2D eigenvalue weighted by Crippen LogP contribution is -2.53. The maximum absolute atomic E-state index is 13.7. The number of likely N-dealkylation sites (tertiary alicyclic amines) is 1. The molecule has 2 fully saturated rings.